The molecule has 0 atom stereocenters. The van der Waals surface area contributed by atoms with Crippen molar-refractivity contribution in [2.45, 2.75) is 6.42 Å². The molecule has 0 aliphatic heterocycles. The van der Waals surface area contributed by atoms with Crippen LogP contribution in [0.5, 0.6) is 5.75 Å². The monoisotopic (exact) mass is 485 g/mol. The molecule has 2 aromatic heterocycles. The molecule has 9 heteroatoms. The molecule has 2 heterocycles. The van der Waals surface area contributed by atoms with Gasteiger partial charge in [-0.25, -0.2) is 9.66 Å². The van der Waals surface area contributed by atoms with Crippen LogP contribution in [-0.4, -0.2) is 32.9 Å². The van der Waals surface area contributed by atoms with E-state index in [0.29, 0.717) is 33.4 Å². The molecule has 0 aliphatic rings. The summed E-state index contributed by atoms with van der Waals surface area (Å²) in [5.74, 6) is 0.589. The largest absolute Gasteiger partial charge is 0.497 e. The van der Waals surface area contributed by atoms with Crippen LogP contribution in [0.25, 0.3) is 22.3 Å². The standard InChI is InChI=1S/C26H20ClN5O3/c1-35-20-9-5-6-16(14-20)15-21-28-23-22(17-10-12-19(27)13-11-17)29-30-24(23)26(34)32(21)31-25(33)18-7-3-2-4-8-18/h2-14H,15H2,1H3,(H,29,30)(H,31,33). The number of carbonyl (C=O) groups excluding carboxylic acids is 1. The number of nitrogens with zero attached hydrogens (tertiary/aromatic N) is 3. The molecular formula is C26H20ClN5O3. The molecule has 0 spiro atoms. The molecule has 1 amide bonds. The van der Waals surface area contributed by atoms with Gasteiger partial charge in [0, 0.05) is 22.6 Å². The number of ether oxygens (including phenoxy) is 1. The summed E-state index contributed by atoms with van der Waals surface area (Å²) in [5, 5.41) is 7.70. The topological polar surface area (TPSA) is 102 Å². The maximum absolute atomic E-state index is 13.5. The molecule has 2 N–H and O–H groups in total. The van der Waals surface area contributed by atoms with Crippen molar-refractivity contribution < 1.29 is 9.53 Å². The van der Waals surface area contributed by atoms with Crippen LogP contribution in [-0.2, 0) is 6.42 Å². The number of hydrogen-bond donors (Lipinski definition) is 2. The fraction of sp³-hybridized carbons (Fsp3) is 0.0769. The average Bonchev–Trinajstić information content (AvgIpc) is 3.31. The fourth-order valence-electron chi connectivity index (χ4n) is 3.77. The first-order valence-electron chi connectivity index (χ1n) is 10.8. The van der Waals surface area contributed by atoms with Gasteiger partial charge in [-0.3, -0.25) is 20.1 Å². The summed E-state index contributed by atoms with van der Waals surface area (Å²) in [6.07, 6.45) is 0.267. The molecule has 35 heavy (non-hydrogen) atoms. The summed E-state index contributed by atoms with van der Waals surface area (Å²) >= 11 is 6.03. The quantitative estimate of drug-likeness (QED) is 0.370. The van der Waals surface area contributed by atoms with Crippen LogP contribution in [0, 0.1) is 0 Å². The Balaban J connectivity index is 1.65. The van der Waals surface area contributed by atoms with E-state index in [0.717, 1.165) is 11.1 Å². The van der Waals surface area contributed by atoms with Gasteiger partial charge in [0.25, 0.3) is 11.5 Å². The molecule has 174 valence electrons. The fourth-order valence-corrected chi connectivity index (χ4v) is 3.89. The minimum Gasteiger partial charge on any atom is -0.497 e. The second-order valence-corrected chi connectivity index (χ2v) is 8.24. The summed E-state index contributed by atoms with van der Waals surface area (Å²) in [7, 11) is 1.59. The third-order valence-corrected chi connectivity index (χ3v) is 5.77. The van der Waals surface area contributed by atoms with Gasteiger partial charge >= 0.3 is 0 Å². The second kappa shape index (κ2) is 9.44. The molecule has 8 nitrogen and oxygen atoms in total. The number of carbonyl (C=O) groups is 1. The molecule has 3 aromatic carbocycles. The lowest BCUT2D eigenvalue weighted by molar-refractivity contribution is 0.101. The SMILES string of the molecule is COc1cccc(Cc2nc3c(-c4ccc(Cl)cc4)n[nH]c3c(=O)n2NC(=O)c2ccccc2)c1. The van der Waals surface area contributed by atoms with Gasteiger partial charge in [-0.15, -0.1) is 0 Å². The van der Waals surface area contributed by atoms with Gasteiger partial charge in [-0.2, -0.15) is 5.10 Å². The van der Waals surface area contributed by atoms with Gasteiger partial charge in [0.05, 0.1) is 7.11 Å². The molecule has 0 radical (unpaired) electrons. The van der Waals surface area contributed by atoms with E-state index < -0.39 is 11.5 Å². The summed E-state index contributed by atoms with van der Waals surface area (Å²) < 4.78 is 6.50. The number of aromatic amines is 1. The Morgan fingerprint density at radius 3 is 2.57 bits per heavy atom. The summed E-state index contributed by atoms with van der Waals surface area (Å²) in [4.78, 5) is 31.2. The van der Waals surface area contributed by atoms with Crippen molar-refractivity contribution >= 4 is 28.5 Å². The molecule has 0 fully saturated rings. The van der Waals surface area contributed by atoms with E-state index in [-0.39, 0.29) is 11.9 Å². The zero-order valence-corrected chi connectivity index (χ0v) is 19.4. The number of amides is 1. The number of nitrogens with one attached hydrogen (secondary N) is 2. The van der Waals surface area contributed by atoms with E-state index in [9.17, 15) is 9.59 Å². The Morgan fingerprint density at radius 2 is 1.83 bits per heavy atom. The van der Waals surface area contributed by atoms with Crippen LogP contribution in [0.2, 0.25) is 5.02 Å². The Hall–Kier alpha value is -4.43. The molecule has 0 unspecified atom stereocenters. The van der Waals surface area contributed by atoms with Crippen LogP contribution < -0.4 is 15.7 Å². The lowest BCUT2D eigenvalue weighted by Gasteiger charge is -2.14. The van der Waals surface area contributed by atoms with Gasteiger partial charge in [0.2, 0.25) is 0 Å². The smallest absolute Gasteiger partial charge is 0.298 e. The van der Waals surface area contributed by atoms with Crippen LogP contribution in [0.1, 0.15) is 21.7 Å². The number of methoxy groups -OCH3 is 1. The molecule has 0 aliphatic carbocycles. The van der Waals surface area contributed by atoms with Gasteiger partial charge in [-0.05, 0) is 42.0 Å². The normalized spacial score (nSPS) is 10.9. The lowest BCUT2D eigenvalue weighted by Crippen LogP contribution is -2.36. The Labute approximate surface area is 205 Å². The van der Waals surface area contributed by atoms with Crippen LogP contribution in [0.4, 0.5) is 0 Å². The summed E-state index contributed by atoms with van der Waals surface area (Å²) in [6.45, 7) is 0. The summed E-state index contributed by atoms with van der Waals surface area (Å²) in [6, 6.07) is 23.2. The van der Waals surface area contributed by atoms with Crippen LogP contribution in [0.15, 0.2) is 83.7 Å². The van der Waals surface area contributed by atoms with Gasteiger partial charge < -0.3 is 4.74 Å². The van der Waals surface area contributed by atoms with Gasteiger partial charge in [-0.1, -0.05) is 54.1 Å². The van der Waals surface area contributed by atoms with E-state index in [1.54, 1.807) is 43.5 Å². The zero-order valence-electron chi connectivity index (χ0n) is 18.7. The molecule has 0 bridgehead atoms. The third kappa shape index (κ3) is 4.51. The highest BCUT2D eigenvalue weighted by atomic mass is 35.5. The van der Waals surface area contributed by atoms with Crippen molar-refractivity contribution in [1.29, 1.82) is 0 Å². The Bertz CT molecular complexity index is 1580. The van der Waals surface area contributed by atoms with Crippen LogP contribution >= 0.6 is 11.6 Å². The van der Waals surface area contributed by atoms with Gasteiger partial charge in [0.1, 0.15) is 22.8 Å². The molecule has 5 rings (SSSR count). The molecule has 0 saturated carbocycles. The highest BCUT2D eigenvalue weighted by Gasteiger charge is 2.20. The Kier molecular flexibility index (Phi) is 6.03. The third-order valence-electron chi connectivity index (χ3n) is 5.52. The first-order valence-corrected chi connectivity index (χ1v) is 11.2. The summed E-state index contributed by atoms with van der Waals surface area (Å²) in [5.41, 5.74) is 5.36. The predicted octanol–water partition coefficient (Wildman–Crippen LogP) is 4.42. The van der Waals surface area contributed by atoms with Crippen molar-refractivity contribution in [1.82, 2.24) is 19.9 Å². The highest BCUT2D eigenvalue weighted by molar-refractivity contribution is 6.30. The van der Waals surface area contributed by atoms with Crippen molar-refractivity contribution in [3.05, 3.63) is 111 Å². The number of rotatable bonds is 6. The lowest BCUT2D eigenvalue weighted by atomic mass is 10.1. The first-order chi connectivity index (χ1) is 17.0. The minimum absolute atomic E-state index is 0.178. The minimum atomic E-state index is -0.468. The molecule has 5 aromatic rings. The number of hydrogen-bond acceptors (Lipinski definition) is 5. The van der Waals surface area contributed by atoms with E-state index in [1.807, 2.05) is 42.5 Å². The molecule has 0 saturated heterocycles. The second-order valence-electron chi connectivity index (χ2n) is 7.81. The zero-order chi connectivity index (χ0) is 24.4. The van der Waals surface area contributed by atoms with Crippen molar-refractivity contribution in [3.63, 3.8) is 0 Å². The number of aromatic nitrogens is 4. The first kappa shape index (κ1) is 22.4. The van der Waals surface area contributed by atoms with Crippen molar-refractivity contribution in [3.8, 4) is 17.0 Å². The maximum Gasteiger partial charge on any atom is 0.298 e. The van der Waals surface area contributed by atoms with E-state index >= 15 is 0 Å². The number of fused-ring (bicyclic) bond motifs is 1. The van der Waals surface area contributed by atoms with Crippen molar-refractivity contribution in [2.24, 2.45) is 0 Å². The van der Waals surface area contributed by atoms with E-state index in [4.69, 9.17) is 21.3 Å². The van der Waals surface area contributed by atoms with Gasteiger partial charge in [0.15, 0.2) is 5.52 Å². The van der Waals surface area contributed by atoms with E-state index in [1.165, 1.54) is 4.68 Å². The maximum atomic E-state index is 13.5. The van der Waals surface area contributed by atoms with Crippen molar-refractivity contribution in [2.75, 3.05) is 12.5 Å². The number of halogens is 1. The Morgan fingerprint density at radius 1 is 1.06 bits per heavy atom. The molecular weight excluding hydrogens is 466 g/mol. The van der Waals surface area contributed by atoms with E-state index in [2.05, 4.69) is 15.6 Å². The average molecular weight is 486 g/mol. The number of benzene rings is 3. The predicted molar refractivity (Wildman–Crippen MR) is 135 cm³/mol. The highest BCUT2D eigenvalue weighted by Crippen LogP contribution is 2.25. The number of H-pyrrole nitrogens is 1. The van der Waals surface area contributed by atoms with Crippen LogP contribution in [0.3, 0.4) is 0 Å².